The molecule has 0 bridgehead atoms. The largest absolute Gasteiger partial charge is 0.480 e. The van der Waals surface area contributed by atoms with Gasteiger partial charge in [0.05, 0.1) is 19.1 Å². The van der Waals surface area contributed by atoms with Gasteiger partial charge < -0.3 is 20.1 Å². The van der Waals surface area contributed by atoms with Crippen LogP contribution in [0.4, 0.5) is 5.69 Å². The molecule has 1 saturated heterocycles. The van der Waals surface area contributed by atoms with Crippen LogP contribution in [0.25, 0.3) is 0 Å². The van der Waals surface area contributed by atoms with Gasteiger partial charge in [0, 0.05) is 23.7 Å². The fourth-order valence-corrected chi connectivity index (χ4v) is 2.61. The molecule has 0 spiro atoms. The number of ether oxygens (including phenoxy) is 1. The Bertz CT molecular complexity index is 662. The minimum atomic E-state index is -1.20. The second kappa shape index (κ2) is 8.64. The Hall–Kier alpha value is -2.38. The summed E-state index contributed by atoms with van der Waals surface area (Å²) in [4.78, 5) is 37.2. The van der Waals surface area contributed by atoms with Crippen LogP contribution in [-0.4, -0.2) is 48.7 Å². The van der Waals surface area contributed by atoms with Crippen LogP contribution in [0, 0.1) is 5.92 Å². The van der Waals surface area contributed by atoms with Crippen LogP contribution in [0.15, 0.2) is 36.9 Å². The number of carbonyl (C=O) groups is 3. The number of carboxylic acid groups (broad SMARTS) is 1. The number of amides is 2. The average molecular weight is 367 g/mol. The van der Waals surface area contributed by atoms with E-state index in [1.165, 1.54) is 11.0 Å². The zero-order chi connectivity index (χ0) is 18.4. The molecule has 8 heteroatoms. The van der Waals surface area contributed by atoms with Crippen molar-refractivity contribution in [1.82, 2.24) is 5.32 Å². The summed E-state index contributed by atoms with van der Waals surface area (Å²) in [5, 5.41) is 12.1. The summed E-state index contributed by atoms with van der Waals surface area (Å²) in [5.74, 6) is -2.50. The number of carbonyl (C=O) groups excluding carboxylic acids is 2. The smallest absolute Gasteiger partial charge is 0.328 e. The number of halogens is 1. The Kier molecular flexibility index (Phi) is 6.55. The van der Waals surface area contributed by atoms with E-state index in [0.717, 1.165) is 0 Å². The molecule has 2 rings (SSSR count). The Morgan fingerprint density at radius 3 is 2.72 bits per heavy atom. The molecule has 2 atom stereocenters. The quantitative estimate of drug-likeness (QED) is 0.536. The maximum atomic E-state index is 12.3. The van der Waals surface area contributed by atoms with Crippen molar-refractivity contribution in [3.8, 4) is 0 Å². The third-order valence-electron chi connectivity index (χ3n) is 3.77. The molecular formula is C17H19ClN2O5. The number of aliphatic carboxylic acids is 1. The first kappa shape index (κ1) is 19.0. The van der Waals surface area contributed by atoms with E-state index in [0.29, 0.717) is 10.7 Å². The molecule has 25 heavy (non-hydrogen) atoms. The highest BCUT2D eigenvalue weighted by molar-refractivity contribution is 6.30. The van der Waals surface area contributed by atoms with Gasteiger partial charge in [-0.05, 0) is 24.3 Å². The number of nitrogens with zero attached hydrogens (tertiary/aromatic N) is 1. The number of anilines is 1. The number of hydrogen-bond donors (Lipinski definition) is 2. The maximum Gasteiger partial charge on any atom is 0.328 e. The fraction of sp³-hybridized carbons (Fsp3) is 0.353. The lowest BCUT2D eigenvalue weighted by atomic mass is 10.1. The molecule has 1 aromatic rings. The first-order valence-electron chi connectivity index (χ1n) is 7.70. The van der Waals surface area contributed by atoms with Crippen LogP contribution in [0.5, 0.6) is 0 Å². The molecule has 134 valence electrons. The molecule has 7 nitrogen and oxygen atoms in total. The first-order valence-corrected chi connectivity index (χ1v) is 8.08. The molecule has 2 unspecified atom stereocenters. The van der Waals surface area contributed by atoms with Crippen molar-refractivity contribution in [2.75, 3.05) is 24.7 Å². The molecule has 1 heterocycles. The standard InChI is InChI=1S/C17H19ClN2O5/c1-2-7-25-10-14(17(23)24)19-16(22)11-8-15(21)20(9-11)13-5-3-12(18)4-6-13/h2-6,11,14H,1,7-10H2,(H,19,22)(H,23,24). The van der Waals surface area contributed by atoms with Gasteiger partial charge in [-0.25, -0.2) is 4.79 Å². The van der Waals surface area contributed by atoms with E-state index in [1.54, 1.807) is 24.3 Å². The molecular weight excluding hydrogens is 348 g/mol. The number of nitrogens with one attached hydrogen (secondary N) is 1. The highest BCUT2D eigenvalue weighted by Gasteiger charge is 2.36. The zero-order valence-corrected chi connectivity index (χ0v) is 14.2. The molecule has 0 radical (unpaired) electrons. The highest BCUT2D eigenvalue weighted by atomic mass is 35.5. The van der Waals surface area contributed by atoms with Crippen LogP contribution < -0.4 is 10.2 Å². The molecule has 1 fully saturated rings. The van der Waals surface area contributed by atoms with Gasteiger partial charge in [0.2, 0.25) is 11.8 Å². The highest BCUT2D eigenvalue weighted by Crippen LogP contribution is 2.26. The van der Waals surface area contributed by atoms with E-state index in [1.807, 2.05) is 0 Å². The van der Waals surface area contributed by atoms with Crippen molar-refractivity contribution in [3.05, 3.63) is 41.9 Å². The minimum Gasteiger partial charge on any atom is -0.480 e. The second-order valence-corrected chi connectivity index (χ2v) is 6.04. The minimum absolute atomic E-state index is 0.0221. The van der Waals surface area contributed by atoms with Gasteiger partial charge in [0.15, 0.2) is 6.04 Å². The molecule has 0 aromatic heterocycles. The molecule has 2 amide bonds. The van der Waals surface area contributed by atoms with Crippen molar-refractivity contribution in [2.45, 2.75) is 12.5 Å². The maximum absolute atomic E-state index is 12.3. The van der Waals surface area contributed by atoms with Gasteiger partial charge >= 0.3 is 5.97 Å². The normalized spacial score (nSPS) is 18.0. The predicted molar refractivity (Wildman–Crippen MR) is 92.5 cm³/mol. The summed E-state index contributed by atoms with van der Waals surface area (Å²) < 4.78 is 5.09. The lowest BCUT2D eigenvalue weighted by molar-refractivity contribution is -0.144. The Labute approximate surface area is 150 Å². The molecule has 2 N–H and O–H groups in total. The summed E-state index contributed by atoms with van der Waals surface area (Å²) in [5.41, 5.74) is 0.647. The SMILES string of the molecule is C=CCOCC(NC(=O)C1CC(=O)N(c2ccc(Cl)cc2)C1)C(=O)O. The summed E-state index contributed by atoms with van der Waals surface area (Å²) in [6, 6.07) is 5.55. The van der Waals surface area contributed by atoms with Crippen LogP contribution in [-0.2, 0) is 19.1 Å². The Balaban J connectivity index is 1.97. The van der Waals surface area contributed by atoms with Crippen LogP contribution >= 0.6 is 11.6 Å². The van der Waals surface area contributed by atoms with Crippen molar-refractivity contribution in [3.63, 3.8) is 0 Å². The topological polar surface area (TPSA) is 95.9 Å². The van der Waals surface area contributed by atoms with Crippen molar-refractivity contribution in [1.29, 1.82) is 0 Å². The van der Waals surface area contributed by atoms with E-state index in [-0.39, 0.29) is 32.1 Å². The van der Waals surface area contributed by atoms with E-state index in [4.69, 9.17) is 21.4 Å². The lowest BCUT2D eigenvalue weighted by Crippen LogP contribution is -2.46. The first-order chi connectivity index (χ1) is 11.9. The summed E-state index contributed by atoms with van der Waals surface area (Å²) in [7, 11) is 0. The molecule has 1 aliphatic rings. The van der Waals surface area contributed by atoms with Gasteiger partial charge in [-0.1, -0.05) is 17.7 Å². The molecule has 0 aliphatic carbocycles. The van der Waals surface area contributed by atoms with Gasteiger partial charge in [0.25, 0.3) is 0 Å². The van der Waals surface area contributed by atoms with Crippen molar-refractivity contribution in [2.24, 2.45) is 5.92 Å². The third kappa shape index (κ3) is 5.04. The molecule has 0 saturated carbocycles. The van der Waals surface area contributed by atoms with Crippen molar-refractivity contribution >= 4 is 35.1 Å². The number of rotatable bonds is 8. The van der Waals surface area contributed by atoms with E-state index in [2.05, 4.69) is 11.9 Å². The van der Waals surface area contributed by atoms with Crippen LogP contribution in [0.2, 0.25) is 5.02 Å². The number of carboxylic acids is 1. The van der Waals surface area contributed by atoms with E-state index < -0.39 is 23.8 Å². The van der Waals surface area contributed by atoms with E-state index >= 15 is 0 Å². The fourth-order valence-electron chi connectivity index (χ4n) is 2.49. The summed E-state index contributed by atoms with van der Waals surface area (Å²) in [6.45, 7) is 3.67. The summed E-state index contributed by atoms with van der Waals surface area (Å²) >= 11 is 5.83. The van der Waals surface area contributed by atoms with E-state index in [9.17, 15) is 14.4 Å². The lowest BCUT2D eigenvalue weighted by Gasteiger charge is -2.18. The Morgan fingerprint density at radius 1 is 1.44 bits per heavy atom. The Morgan fingerprint density at radius 2 is 2.12 bits per heavy atom. The van der Waals surface area contributed by atoms with Gasteiger partial charge in [-0.2, -0.15) is 0 Å². The number of hydrogen-bond acceptors (Lipinski definition) is 4. The van der Waals surface area contributed by atoms with Gasteiger partial charge in [0.1, 0.15) is 0 Å². The predicted octanol–water partition coefficient (Wildman–Crippen LogP) is 1.46. The van der Waals surface area contributed by atoms with Crippen molar-refractivity contribution < 1.29 is 24.2 Å². The van der Waals surface area contributed by atoms with Gasteiger partial charge in [-0.3, -0.25) is 9.59 Å². The average Bonchev–Trinajstić information content (AvgIpc) is 2.96. The molecule has 1 aliphatic heterocycles. The monoisotopic (exact) mass is 366 g/mol. The third-order valence-corrected chi connectivity index (χ3v) is 4.02. The van der Waals surface area contributed by atoms with Gasteiger partial charge in [-0.15, -0.1) is 6.58 Å². The van der Waals surface area contributed by atoms with Crippen LogP contribution in [0.3, 0.4) is 0 Å². The summed E-state index contributed by atoms with van der Waals surface area (Å²) in [6.07, 6.45) is 1.51. The number of benzene rings is 1. The van der Waals surface area contributed by atoms with Crippen LogP contribution in [0.1, 0.15) is 6.42 Å². The zero-order valence-electron chi connectivity index (χ0n) is 13.5. The second-order valence-electron chi connectivity index (χ2n) is 5.61. The molecule has 1 aromatic carbocycles.